The van der Waals surface area contributed by atoms with Crippen LogP contribution in [0.4, 0.5) is 13.2 Å². The highest BCUT2D eigenvalue weighted by Gasteiger charge is 2.18. The molecule has 0 aromatic heterocycles. The van der Waals surface area contributed by atoms with Crippen LogP contribution in [0, 0.1) is 11.6 Å². The topological polar surface area (TPSA) is 9.23 Å². The Morgan fingerprint density at radius 1 is 1.31 bits per heavy atom. The summed E-state index contributed by atoms with van der Waals surface area (Å²) in [5.74, 6) is -2.65. The highest BCUT2D eigenvalue weighted by Crippen LogP contribution is 2.31. The highest BCUT2D eigenvalue weighted by atomic mass is 79.9. The van der Waals surface area contributed by atoms with Crippen molar-refractivity contribution in [1.29, 1.82) is 0 Å². The third-order valence-electron chi connectivity index (χ3n) is 1.53. The molecule has 1 nitrogen and oxygen atoms in total. The zero-order valence-corrected chi connectivity index (χ0v) is 8.24. The van der Waals surface area contributed by atoms with E-state index < -0.39 is 16.7 Å². The molecule has 0 fully saturated rings. The lowest BCUT2D eigenvalue weighted by Crippen LogP contribution is -1.97. The van der Waals surface area contributed by atoms with Gasteiger partial charge in [-0.3, -0.25) is 0 Å². The van der Waals surface area contributed by atoms with Gasteiger partial charge in [-0.05, 0) is 28.1 Å². The second-order valence-corrected chi connectivity index (χ2v) is 3.09. The maximum atomic E-state index is 13.0. The maximum absolute atomic E-state index is 13.0. The van der Waals surface area contributed by atoms with E-state index in [9.17, 15) is 13.2 Å². The van der Waals surface area contributed by atoms with Crippen LogP contribution in [0.5, 0.6) is 5.75 Å². The van der Waals surface area contributed by atoms with Gasteiger partial charge in [0, 0.05) is 5.56 Å². The number of hydrogen-bond donors (Lipinski definition) is 0. The molecular weight excluding hydrogens is 249 g/mol. The molecule has 0 heterocycles. The Morgan fingerprint density at radius 2 is 1.92 bits per heavy atom. The van der Waals surface area contributed by atoms with Crippen molar-refractivity contribution in [3.63, 3.8) is 0 Å². The van der Waals surface area contributed by atoms with Crippen LogP contribution in [0.15, 0.2) is 12.1 Å². The third-order valence-corrected chi connectivity index (χ3v) is 2.03. The Morgan fingerprint density at radius 3 is 2.38 bits per heavy atom. The third kappa shape index (κ3) is 1.96. The summed E-state index contributed by atoms with van der Waals surface area (Å²) in [5, 5.41) is -1.71. The van der Waals surface area contributed by atoms with Gasteiger partial charge in [0.05, 0.1) is 7.11 Å². The van der Waals surface area contributed by atoms with Crippen molar-refractivity contribution in [2.45, 2.75) is 5.08 Å². The first-order valence-electron chi connectivity index (χ1n) is 3.38. The van der Waals surface area contributed by atoms with E-state index in [2.05, 4.69) is 20.7 Å². The van der Waals surface area contributed by atoms with E-state index in [-0.39, 0.29) is 11.3 Å². The molecule has 0 radical (unpaired) electrons. The quantitative estimate of drug-likeness (QED) is 0.736. The fraction of sp³-hybridized carbons (Fsp3) is 0.250. The largest absolute Gasteiger partial charge is 0.494 e. The fourth-order valence-corrected chi connectivity index (χ4v) is 1.23. The van der Waals surface area contributed by atoms with Gasteiger partial charge >= 0.3 is 0 Å². The van der Waals surface area contributed by atoms with Crippen LogP contribution in [-0.4, -0.2) is 7.11 Å². The standard InChI is InChI=1S/C8H6BrF3O/c1-13-5-3-2-4(8(9)12)6(10)7(5)11/h2-3,8H,1H3. The minimum atomic E-state index is -1.71. The first-order chi connectivity index (χ1) is 6.07. The molecule has 0 amide bonds. The van der Waals surface area contributed by atoms with Gasteiger partial charge in [0.1, 0.15) is 0 Å². The first-order valence-corrected chi connectivity index (χ1v) is 4.29. The Bertz CT molecular complexity index is 315. The van der Waals surface area contributed by atoms with Crippen molar-refractivity contribution in [3.8, 4) is 5.75 Å². The number of halogens is 4. The predicted octanol–water partition coefficient (Wildman–Crippen LogP) is 3.34. The highest BCUT2D eigenvalue weighted by molar-refractivity contribution is 9.09. The van der Waals surface area contributed by atoms with Gasteiger partial charge in [0.2, 0.25) is 5.82 Å². The molecular formula is C8H6BrF3O. The maximum Gasteiger partial charge on any atom is 0.201 e. The fourth-order valence-electron chi connectivity index (χ4n) is 0.873. The van der Waals surface area contributed by atoms with Crippen molar-refractivity contribution in [3.05, 3.63) is 29.3 Å². The number of alkyl halides is 2. The summed E-state index contributed by atoms with van der Waals surface area (Å²) in [5.41, 5.74) is -0.377. The van der Waals surface area contributed by atoms with E-state index in [0.29, 0.717) is 0 Å². The smallest absolute Gasteiger partial charge is 0.201 e. The molecule has 0 saturated carbocycles. The summed E-state index contributed by atoms with van der Waals surface area (Å²) in [4.78, 5) is 0. The monoisotopic (exact) mass is 254 g/mol. The molecule has 1 atom stereocenters. The average molecular weight is 255 g/mol. The van der Waals surface area contributed by atoms with Crippen molar-refractivity contribution in [2.24, 2.45) is 0 Å². The second-order valence-electron chi connectivity index (χ2n) is 2.29. The van der Waals surface area contributed by atoms with Crippen molar-refractivity contribution in [2.75, 3.05) is 7.11 Å². The van der Waals surface area contributed by atoms with Crippen LogP contribution in [0.1, 0.15) is 10.6 Å². The minimum absolute atomic E-state index is 0.241. The number of rotatable bonds is 2. The molecule has 0 bridgehead atoms. The molecule has 1 aromatic rings. The van der Waals surface area contributed by atoms with E-state index in [1.165, 1.54) is 13.2 Å². The van der Waals surface area contributed by atoms with E-state index in [1.807, 2.05) is 0 Å². The van der Waals surface area contributed by atoms with Crippen molar-refractivity contribution < 1.29 is 17.9 Å². The average Bonchev–Trinajstić information content (AvgIpc) is 2.09. The van der Waals surface area contributed by atoms with Gasteiger partial charge < -0.3 is 4.74 Å². The van der Waals surface area contributed by atoms with Gasteiger partial charge in [-0.15, -0.1) is 0 Å². The normalized spacial score (nSPS) is 12.7. The summed E-state index contributed by atoms with van der Waals surface area (Å²) in [7, 11) is 1.21. The molecule has 1 aromatic carbocycles. The second kappa shape index (κ2) is 4.00. The van der Waals surface area contributed by atoms with Crippen molar-refractivity contribution in [1.82, 2.24) is 0 Å². The van der Waals surface area contributed by atoms with Crippen LogP contribution in [0.2, 0.25) is 0 Å². The summed E-state index contributed by atoms with van der Waals surface area (Å²) >= 11 is 2.50. The molecule has 13 heavy (non-hydrogen) atoms. The molecule has 0 saturated heterocycles. The molecule has 5 heteroatoms. The van der Waals surface area contributed by atoms with Gasteiger partial charge in [0.15, 0.2) is 16.6 Å². The van der Waals surface area contributed by atoms with E-state index >= 15 is 0 Å². The van der Waals surface area contributed by atoms with Crippen LogP contribution < -0.4 is 4.74 Å². The number of hydrogen-bond acceptors (Lipinski definition) is 1. The summed E-state index contributed by atoms with van der Waals surface area (Å²) in [6, 6.07) is 2.29. The number of methoxy groups -OCH3 is 1. The molecule has 0 aliphatic carbocycles. The van der Waals surface area contributed by atoms with E-state index in [1.54, 1.807) is 0 Å². The van der Waals surface area contributed by atoms with Crippen LogP contribution in [-0.2, 0) is 0 Å². The first kappa shape index (κ1) is 10.4. The Labute approximate surface area is 81.6 Å². The van der Waals surface area contributed by atoms with Crippen LogP contribution in [0.25, 0.3) is 0 Å². The van der Waals surface area contributed by atoms with Crippen molar-refractivity contribution >= 4 is 15.9 Å². The van der Waals surface area contributed by atoms with Gasteiger partial charge in [-0.2, -0.15) is 4.39 Å². The molecule has 0 spiro atoms. The van der Waals surface area contributed by atoms with E-state index in [4.69, 9.17) is 0 Å². The predicted molar refractivity (Wildman–Crippen MR) is 45.7 cm³/mol. The van der Waals surface area contributed by atoms with Gasteiger partial charge in [-0.1, -0.05) is 0 Å². The van der Waals surface area contributed by atoms with Crippen LogP contribution in [0.3, 0.4) is 0 Å². The van der Waals surface area contributed by atoms with Gasteiger partial charge in [0.25, 0.3) is 0 Å². The number of ether oxygens (including phenoxy) is 1. The lowest BCUT2D eigenvalue weighted by atomic mass is 10.2. The SMILES string of the molecule is COc1ccc(C(F)Br)c(F)c1F. The Balaban J connectivity index is 3.23. The molecule has 1 rings (SSSR count). The molecule has 0 aliphatic rings. The lowest BCUT2D eigenvalue weighted by molar-refractivity contribution is 0.365. The zero-order chi connectivity index (χ0) is 10.0. The summed E-state index contributed by atoms with van der Waals surface area (Å²) in [6.07, 6.45) is 0. The molecule has 72 valence electrons. The zero-order valence-electron chi connectivity index (χ0n) is 6.65. The van der Waals surface area contributed by atoms with Crippen LogP contribution >= 0.6 is 15.9 Å². The lowest BCUT2D eigenvalue weighted by Gasteiger charge is -2.06. The number of benzene rings is 1. The Hall–Kier alpha value is -0.710. The molecule has 1 unspecified atom stereocenters. The van der Waals surface area contributed by atoms with E-state index in [0.717, 1.165) is 6.07 Å². The minimum Gasteiger partial charge on any atom is -0.494 e. The molecule has 0 N–H and O–H groups in total. The summed E-state index contributed by atoms with van der Waals surface area (Å²) in [6.45, 7) is 0. The molecule has 0 aliphatic heterocycles. The summed E-state index contributed by atoms with van der Waals surface area (Å²) < 4.78 is 43.0. The van der Waals surface area contributed by atoms with Gasteiger partial charge in [-0.25, -0.2) is 8.78 Å². The Kier molecular flexibility index (Phi) is 3.19.